The van der Waals surface area contributed by atoms with Crippen LogP contribution in [0.2, 0.25) is 0 Å². The maximum atomic E-state index is 12.1. The van der Waals surface area contributed by atoms with Gasteiger partial charge in [-0.3, -0.25) is 10.00 Å². The zero-order valence-corrected chi connectivity index (χ0v) is 16.2. The molecule has 2 aromatic heterocycles. The quantitative estimate of drug-likeness (QED) is 0.511. The minimum atomic E-state index is -0.211. The first-order valence-electron chi connectivity index (χ1n) is 10.1. The van der Waals surface area contributed by atoms with Gasteiger partial charge in [0.2, 0.25) is 0 Å². The van der Waals surface area contributed by atoms with Gasteiger partial charge in [0, 0.05) is 25.7 Å². The lowest BCUT2D eigenvalue weighted by Gasteiger charge is -2.26. The number of imidazole rings is 1. The molecule has 2 amide bonds. The first-order valence-corrected chi connectivity index (χ1v) is 10.1. The zero-order chi connectivity index (χ0) is 19.6. The van der Waals surface area contributed by atoms with Crippen LogP contribution in [0.25, 0.3) is 22.6 Å². The van der Waals surface area contributed by atoms with E-state index in [0.29, 0.717) is 23.2 Å². The zero-order valence-electron chi connectivity index (χ0n) is 16.2. The Balaban J connectivity index is 1.30. The summed E-state index contributed by atoms with van der Waals surface area (Å²) in [6, 6.07) is 6.40. The van der Waals surface area contributed by atoms with Crippen molar-refractivity contribution in [1.29, 1.82) is 0 Å². The van der Waals surface area contributed by atoms with Crippen molar-refractivity contribution < 1.29 is 9.53 Å². The molecule has 0 radical (unpaired) electrons. The van der Waals surface area contributed by atoms with Gasteiger partial charge in [-0.15, -0.1) is 0 Å². The number of hydrogen-bond donors (Lipinski definition) is 4. The molecule has 3 aromatic rings. The van der Waals surface area contributed by atoms with Gasteiger partial charge in [-0.25, -0.2) is 9.78 Å². The van der Waals surface area contributed by atoms with Crippen LogP contribution in [-0.4, -0.2) is 70.0 Å². The van der Waals surface area contributed by atoms with Crippen molar-refractivity contribution in [3.8, 4) is 11.5 Å². The van der Waals surface area contributed by atoms with Crippen LogP contribution in [0, 0.1) is 0 Å². The Kier molecular flexibility index (Phi) is 4.91. The maximum Gasteiger partial charge on any atom is 0.319 e. The number of hydrogen-bond acceptors (Lipinski definition) is 5. The number of fused-ring (bicyclic) bond motifs is 1. The number of urea groups is 1. The predicted molar refractivity (Wildman–Crippen MR) is 110 cm³/mol. The number of benzene rings is 1. The van der Waals surface area contributed by atoms with Crippen molar-refractivity contribution >= 4 is 22.8 Å². The van der Waals surface area contributed by atoms with Gasteiger partial charge in [0.05, 0.1) is 36.1 Å². The number of nitrogens with one attached hydrogen (secondary N) is 4. The smallest absolute Gasteiger partial charge is 0.319 e. The largest absolute Gasteiger partial charge is 0.379 e. The van der Waals surface area contributed by atoms with E-state index in [9.17, 15) is 4.79 Å². The van der Waals surface area contributed by atoms with Crippen LogP contribution in [0.4, 0.5) is 10.5 Å². The van der Waals surface area contributed by atoms with E-state index < -0.39 is 0 Å². The third-order valence-electron chi connectivity index (χ3n) is 5.40. The second-order valence-corrected chi connectivity index (χ2v) is 7.67. The summed E-state index contributed by atoms with van der Waals surface area (Å²) in [5, 5.41) is 12.8. The molecule has 0 spiro atoms. The Labute approximate surface area is 168 Å². The highest BCUT2D eigenvalue weighted by atomic mass is 16.5. The number of H-pyrrole nitrogens is 2. The van der Waals surface area contributed by atoms with Crippen molar-refractivity contribution in [3.63, 3.8) is 0 Å². The normalized spacial score (nSPS) is 17.5. The van der Waals surface area contributed by atoms with Crippen LogP contribution in [0.15, 0.2) is 24.4 Å². The third kappa shape index (κ3) is 4.25. The standard InChI is InChI=1S/C20H25N7O2/c28-20(22-14-2-3-14)25-17-12-21-26-18(17)19-23-15-4-1-13(11-16(15)24-19)5-6-27-7-9-29-10-8-27/h1,4,11-12,14H,2-3,5-10H2,(H,21,26)(H,23,24)(H2,22,25,28). The fourth-order valence-electron chi connectivity index (χ4n) is 3.58. The van der Waals surface area contributed by atoms with Crippen LogP contribution in [0.3, 0.4) is 0 Å². The van der Waals surface area contributed by atoms with Gasteiger partial charge in [-0.1, -0.05) is 6.07 Å². The molecule has 9 heteroatoms. The van der Waals surface area contributed by atoms with E-state index in [-0.39, 0.29) is 6.03 Å². The molecule has 0 atom stereocenters. The number of ether oxygens (including phenoxy) is 1. The van der Waals surface area contributed by atoms with Gasteiger partial charge in [0.1, 0.15) is 5.69 Å². The summed E-state index contributed by atoms with van der Waals surface area (Å²) in [7, 11) is 0. The molecule has 1 aliphatic heterocycles. The Hall–Kier alpha value is -2.91. The van der Waals surface area contributed by atoms with Crippen molar-refractivity contribution in [2.24, 2.45) is 0 Å². The summed E-state index contributed by atoms with van der Waals surface area (Å²) < 4.78 is 5.41. The number of aromatic nitrogens is 4. The predicted octanol–water partition coefficient (Wildman–Crippen LogP) is 2.11. The highest BCUT2D eigenvalue weighted by Crippen LogP contribution is 2.26. The summed E-state index contributed by atoms with van der Waals surface area (Å²) in [6.45, 7) is 4.67. The number of amides is 2. The van der Waals surface area contributed by atoms with Crippen molar-refractivity contribution in [2.75, 3.05) is 38.2 Å². The lowest BCUT2D eigenvalue weighted by molar-refractivity contribution is 0.0384. The summed E-state index contributed by atoms with van der Waals surface area (Å²) >= 11 is 0. The summed E-state index contributed by atoms with van der Waals surface area (Å²) in [6.07, 6.45) is 4.68. The van der Waals surface area contributed by atoms with E-state index in [1.54, 1.807) is 6.20 Å². The summed E-state index contributed by atoms with van der Waals surface area (Å²) in [4.78, 5) is 22.5. The molecule has 5 rings (SSSR count). The van der Waals surface area contributed by atoms with E-state index in [1.165, 1.54) is 5.56 Å². The molecule has 29 heavy (non-hydrogen) atoms. The number of anilines is 1. The molecule has 2 aliphatic rings. The second kappa shape index (κ2) is 7.84. The molecule has 1 aliphatic carbocycles. The number of aromatic amines is 2. The molecular weight excluding hydrogens is 370 g/mol. The second-order valence-electron chi connectivity index (χ2n) is 7.67. The molecule has 1 aromatic carbocycles. The molecule has 9 nitrogen and oxygen atoms in total. The molecule has 0 unspecified atom stereocenters. The molecule has 1 saturated heterocycles. The van der Waals surface area contributed by atoms with E-state index in [1.807, 2.05) is 6.07 Å². The topological polar surface area (TPSA) is 111 Å². The van der Waals surface area contributed by atoms with Crippen molar-refractivity contribution in [1.82, 2.24) is 30.4 Å². The monoisotopic (exact) mass is 395 g/mol. The van der Waals surface area contributed by atoms with E-state index in [4.69, 9.17) is 4.74 Å². The number of carbonyl (C=O) groups is 1. The van der Waals surface area contributed by atoms with Gasteiger partial charge in [0.15, 0.2) is 5.82 Å². The maximum absolute atomic E-state index is 12.1. The molecule has 4 N–H and O–H groups in total. The molecule has 1 saturated carbocycles. The van der Waals surface area contributed by atoms with Crippen molar-refractivity contribution in [2.45, 2.75) is 25.3 Å². The highest BCUT2D eigenvalue weighted by molar-refractivity contribution is 5.93. The third-order valence-corrected chi connectivity index (χ3v) is 5.40. The molecule has 3 heterocycles. The van der Waals surface area contributed by atoms with Gasteiger partial charge in [-0.05, 0) is 37.0 Å². The summed E-state index contributed by atoms with van der Waals surface area (Å²) in [5.41, 5.74) is 4.41. The van der Waals surface area contributed by atoms with Gasteiger partial charge >= 0.3 is 6.03 Å². The molecule has 2 fully saturated rings. The minimum Gasteiger partial charge on any atom is -0.379 e. The lowest BCUT2D eigenvalue weighted by Crippen LogP contribution is -2.37. The van der Waals surface area contributed by atoms with Crippen LogP contribution < -0.4 is 10.6 Å². The van der Waals surface area contributed by atoms with Gasteiger partial charge in [0.25, 0.3) is 0 Å². The molecule has 152 valence electrons. The van der Waals surface area contributed by atoms with Crippen molar-refractivity contribution in [3.05, 3.63) is 30.0 Å². The van der Waals surface area contributed by atoms with Gasteiger partial charge in [-0.2, -0.15) is 5.10 Å². The Morgan fingerprint density at radius 1 is 1.28 bits per heavy atom. The Bertz CT molecular complexity index is 1000. The Morgan fingerprint density at radius 2 is 2.14 bits per heavy atom. The summed E-state index contributed by atoms with van der Waals surface area (Å²) in [5.74, 6) is 0.657. The van der Waals surface area contributed by atoms with E-state index in [2.05, 4.69) is 47.8 Å². The fraction of sp³-hybridized carbons (Fsp3) is 0.450. The van der Waals surface area contributed by atoms with Crippen LogP contribution in [0.5, 0.6) is 0 Å². The molecule has 0 bridgehead atoms. The highest BCUT2D eigenvalue weighted by Gasteiger charge is 2.24. The molecular formula is C20H25N7O2. The average Bonchev–Trinajstić information content (AvgIpc) is 3.25. The number of nitrogens with zero attached hydrogens (tertiary/aromatic N) is 3. The van der Waals surface area contributed by atoms with Crippen LogP contribution in [-0.2, 0) is 11.2 Å². The van der Waals surface area contributed by atoms with E-state index >= 15 is 0 Å². The minimum absolute atomic E-state index is 0.211. The first kappa shape index (κ1) is 18.1. The Morgan fingerprint density at radius 3 is 2.97 bits per heavy atom. The van der Waals surface area contributed by atoms with E-state index in [0.717, 1.165) is 63.1 Å². The average molecular weight is 395 g/mol. The fourth-order valence-corrected chi connectivity index (χ4v) is 3.58. The lowest BCUT2D eigenvalue weighted by atomic mass is 10.1. The van der Waals surface area contributed by atoms with Crippen LogP contribution in [0.1, 0.15) is 18.4 Å². The SMILES string of the molecule is O=C(Nc1cn[nH]c1-c1nc2ccc(CCN3CCOCC3)cc2[nH]1)NC1CC1. The van der Waals surface area contributed by atoms with Gasteiger partial charge < -0.3 is 20.4 Å². The first-order chi connectivity index (χ1) is 14.2. The van der Waals surface area contributed by atoms with Crippen LogP contribution >= 0.6 is 0 Å². The number of morpholine rings is 1. The number of carbonyl (C=O) groups excluding carboxylic acids is 1. The number of rotatable bonds is 6.